The van der Waals surface area contributed by atoms with Crippen LogP contribution < -0.4 is 0 Å². The van der Waals surface area contributed by atoms with Crippen molar-refractivity contribution in [1.29, 1.82) is 0 Å². The van der Waals surface area contributed by atoms with Gasteiger partial charge in [-0.25, -0.2) is 9.37 Å². The van der Waals surface area contributed by atoms with Gasteiger partial charge in [-0.1, -0.05) is 42.1 Å². The Hall–Kier alpha value is -3.23. The number of fused-ring (bicyclic) bond motifs is 1. The van der Waals surface area contributed by atoms with Crippen molar-refractivity contribution in [2.24, 2.45) is 0 Å². The number of hydrogen-bond acceptors (Lipinski definition) is 5. The molecule has 0 atom stereocenters. The molecule has 0 unspecified atom stereocenters. The van der Waals surface area contributed by atoms with Crippen LogP contribution >= 0.6 is 11.8 Å². The number of morpholine rings is 1. The predicted molar refractivity (Wildman–Crippen MR) is 126 cm³/mol. The average Bonchev–Trinajstić information content (AvgIpc) is 3.21. The van der Waals surface area contributed by atoms with Crippen molar-refractivity contribution in [3.8, 4) is 0 Å². The maximum atomic E-state index is 14.1. The third kappa shape index (κ3) is 4.77. The summed E-state index contributed by atoms with van der Waals surface area (Å²) in [5.74, 6) is 0.300. The summed E-state index contributed by atoms with van der Waals surface area (Å²) in [6, 6.07) is 16.4. The minimum atomic E-state index is -0.213. The van der Waals surface area contributed by atoms with Crippen molar-refractivity contribution < 1.29 is 13.9 Å². The third-order valence-corrected chi connectivity index (χ3v) is 6.70. The highest BCUT2D eigenvalue weighted by atomic mass is 32.2. The molecule has 168 valence electrons. The van der Waals surface area contributed by atoms with E-state index in [9.17, 15) is 9.18 Å². The van der Waals surface area contributed by atoms with E-state index < -0.39 is 0 Å². The molecule has 6 nitrogen and oxygen atoms in total. The van der Waals surface area contributed by atoms with Gasteiger partial charge < -0.3 is 14.2 Å². The summed E-state index contributed by atoms with van der Waals surface area (Å²) in [6.07, 6.45) is 3.52. The van der Waals surface area contributed by atoms with Gasteiger partial charge in [0.25, 0.3) is 5.91 Å². The fourth-order valence-electron chi connectivity index (χ4n) is 3.85. The molecule has 3 heterocycles. The summed E-state index contributed by atoms with van der Waals surface area (Å²) in [4.78, 5) is 23.6. The zero-order valence-corrected chi connectivity index (χ0v) is 18.8. The number of carbonyl (C=O) groups excluding carboxylic acids is 1. The van der Waals surface area contributed by atoms with Gasteiger partial charge in [0, 0.05) is 30.6 Å². The van der Waals surface area contributed by atoms with Gasteiger partial charge in [0.15, 0.2) is 5.16 Å². The Kier molecular flexibility index (Phi) is 6.37. The molecule has 0 N–H and O–H groups in total. The first kappa shape index (κ1) is 21.6. The Morgan fingerprint density at radius 1 is 1.06 bits per heavy atom. The molecule has 1 fully saturated rings. The number of thioether (sulfide) groups is 1. The van der Waals surface area contributed by atoms with Gasteiger partial charge in [-0.3, -0.25) is 9.78 Å². The van der Waals surface area contributed by atoms with Gasteiger partial charge in [0.2, 0.25) is 0 Å². The first-order valence-corrected chi connectivity index (χ1v) is 11.8. The quantitative estimate of drug-likeness (QED) is 0.398. The number of amides is 1. The predicted octanol–water partition coefficient (Wildman–Crippen LogP) is 4.38. The molecule has 0 aliphatic carbocycles. The van der Waals surface area contributed by atoms with E-state index in [2.05, 4.69) is 9.55 Å². The highest BCUT2D eigenvalue weighted by molar-refractivity contribution is 7.98. The van der Waals surface area contributed by atoms with Crippen LogP contribution in [0, 0.1) is 5.82 Å². The molecule has 0 spiro atoms. The van der Waals surface area contributed by atoms with Crippen molar-refractivity contribution in [1.82, 2.24) is 19.4 Å². The SMILES string of the molecule is O=C(c1ccc(Cn2c(SCc3ccccc3F)nc3ccncc32)cc1)N1CCOCC1. The van der Waals surface area contributed by atoms with Crippen LogP contribution in [0.2, 0.25) is 0 Å². The van der Waals surface area contributed by atoms with Crippen LogP contribution in [-0.4, -0.2) is 51.6 Å². The number of pyridine rings is 1. The molecule has 5 rings (SSSR count). The molecule has 0 saturated carbocycles. The van der Waals surface area contributed by atoms with Crippen LogP contribution in [0.5, 0.6) is 0 Å². The summed E-state index contributed by atoms with van der Waals surface area (Å²) in [6.45, 7) is 2.99. The summed E-state index contributed by atoms with van der Waals surface area (Å²) < 4.78 is 21.5. The Labute approximate surface area is 195 Å². The lowest BCUT2D eigenvalue weighted by Gasteiger charge is -2.26. The van der Waals surface area contributed by atoms with E-state index in [0.29, 0.717) is 49.7 Å². The zero-order valence-electron chi connectivity index (χ0n) is 18.0. The highest BCUT2D eigenvalue weighted by Gasteiger charge is 2.19. The highest BCUT2D eigenvalue weighted by Crippen LogP contribution is 2.28. The largest absolute Gasteiger partial charge is 0.378 e. The van der Waals surface area contributed by atoms with Crippen LogP contribution in [0.25, 0.3) is 11.0 Å². The minimum absolute atomic E-state index is 0.0308. The van der Waals surface area contributed by atoms with Crippen LogP contribution in [0.4, 0.5) is 4.39 Å². The molecule has 0 bridgehead atoms. The van der Waals surface area contributed by atoms with Gasteiger partial charge in [-0.15, -0.1) is 0 Å². The first-order chi connectivity index (χ1) is 16.2. The smallest absolute Gasteiger partial charge is 0.254 e. The van der Waals surface area contributed by atoms with Gasteiger partial charge in [0.1, 0.15) is 5.82 Å². The molecule has 8 heteroatoms. The molecule has 4 aromatic rings. The second-order valence-electron chi connectivity index (χ2n) is 7.83. The Morgan fingerprint density at radius 3 is 2.64 bits per heavy atom. The first-order valence-electron chi connectivity index (χ1n) is 10.8. The number of benzene rings is 2. The number of nitrogens with zero attached hydrogens (tertiary/aromatic N) is 4. The summed E-state index contributed by atoms with van der Waals surface area (Å²) in [7, 11) is 0. The van der Waals surface area contributed by atoms with Crippen LogP contribution in [0.15, 0.2) is 72.1 Å². The van der Waals surface area contributed by atoms with E-state index >= 15 is 0 Å². The average molecular weight is 463 g/mol. The lowest BCUT2D eigenvalue weighted by atomic mass is 10.1. The topological polar surface area (TPSA) is 60.2 Å². The van der Waals surface area contributed by atoms with E-state index in [1.54, 1.807) is 24.5 Å². The van der Waals surface area contributed by atoms with Crippen LogP contribution in [-0.2, 0) is 17.0 Å². The van der Waals surface area contributed by atoms with Crippen molar-refractivity contribution in [3.05, 3.63) is 89.5 Å². The normalized spacial score (nSPS) is 14.0. The monoisotopic (exact) mass is 462 g/mol. The Bertz CT molecular complexity index is 1270. The maximum absolute atomic E-state index is 14.1. The van der Waals surface area contributed by atoms with Gasteiger partial charge in [-0.05, 0) is 35.4 Å². The van der Waals surface area contributed by atoms with Crippen molar-refractivity contribution in [2.75, 3.05) is 26.3 Å². The second-order valence-corrected chi connectivity index (χ2v) is 8.77. The van der Waals surface area contributed by atoms with E-state index in [1.807, 2.05) is 41.3 Å². The zero-order chi connectivity index (χ0) is 22.6. The molecule has 2 aromatic carbocycles. The number of carbonyl (C=O) groups is 1. The number of halogens is 1. The summed E-state index contributed by atoms with van der Waals surface area (Å²) in [5, 5.41) is 0.801. The van der Waals surface area contributed by atoms with Crippen molar-refractivity contribution in [3.63, 3.8) is 0 Å². The molecule has 1 aliphatic rings. The third-order valence-electron chi connectivity index (χ3n) is 5.67. The van der Waals surface area contributed by atoms with Crippen LogP contribution in [0.3, 0.4) is 0 Å². The van der Waals surface area contributed by atoms with E-state index in [-0.39, 0.29) is 11.7 Å². The number of rotatable bonds is 6. The summed E-state index contributed by atoms with van der Waals surface area (Å²) >= 11 is 1.50. The van der Waals surface area contributed by atoms with Gasteiger partial charge in [0.05, 0.1) is 37.0 Å². The molecule has 1 amide bonds. The Balaban J connectivity index is 1.37. The number of aromatic nitrogens is 3. The molecule has 0 radical (unpaired) electrons. The molecule has 33 heavy (non-hydrogen) atoms. The standard InChI is InChI=1S/C25H23FN4O2S/c26-21-4-2-1-3-20(21)17-33-25-28-22-9-10-27-15-23(22)30(25)16-18-5-7-19(8-6-18)24(31)29-11-13-32-14-12-29/h1-10,15H,11-14,16-17H2. The molecular formula is C25H23FN4O2S. The van der Waals surface area contributed by atoms with E-state index in [1.165, 1.54) is 17.8 Å². The Morgan fingerprint density at radius 2 is 1.85 bits per heavy atom. The fraction of sp³-hybridized carbons (Fsp3) is 0.240. The number of hydrogen-bond donors (Lipinski definition) is 0. The molecular weight excluding hydrogens is 439 g/mol. The number of ether oxygens (including phenoxy) is 1. The minimum Gasteiger partial charge on any atom is -0.378 e. The maximum Gasteiger partial charge on any atom is 0.254 e. The lowest BCUT2D eigenvalue weighted by Crippen LogP contribution is -2.40. The second kappa shape index (κ2) is 9.72. The van der Waals surface area contributed by atoms with Crippen molar-refractivity contribution in [2.45, 2.75) is 17.5 Å². The molecule has 2 aromatic heterocycles. The van der Waals surface area contributed by atoms with Crippen LogP contribution in [0.1, 0.15) is 21.5 Å². The van der Waals surface area contributed by atoms with Crippen molar-refractivity contribution >= 4 is 28.7 Å². The van der Waals surface area contributed by atoms with Gasteiger partial charge in [-0.2, -0.15) is 0 Å². The molecule has 1 saturated heterocycles. The van der Waals surface area contributed by atoms with Gasteiger partial charge >= 0.3 is 0 Å². The van der Waals surface area contributed by atoms with E-state index in [4.69, 9.17) is 9.72 Å². The van der Waals surface area contributed by atoms with E-state index in [0.717, 1.165) is 21.8 Å². The summed E-state index contributed by atoms with van der Waals surface area (Å²) in [5.41, 5.74) is 4.13. The molecule has 1 aliphatic heterocycles. The lowest BCUT2D eigenvalue weighted by molar-refractivity contribution is 0.0303. The number of imidazole rings is 1. The fourth-order valence-corrected chi connectivity index (χ4v) is 4.85.